The number of methoxy groups -OCH3 is 1. The third-order valence-electron chi connectivity index (χ3n) is 4.43. The van der Waals surface area contributed by atoms with Crippen molar-refractivity contribution < 1.29 is 9.15 Å². The number of hydrogen-bond donors (Lipinski definition) is 2. The molecular weight excluding hydrogens is 511 g/mol. The van der Waals surface area contributed by atoms with Crippen molar-refractivity contribution in [1.29, 1.82) is 0 Å². The summed E-state index contributed by atoms with van der Waals surface area (Å²) in [6.45, 7) is 7.49. The maximum Gasteiger partial charge on any atom is 0.213 e. The lowest BCUT2D eigenvalue weighted by molar-refractivity contribution is 0.379. The Morgan fingerprint density at radius 3 is 2.43 bits per heavy atom. The zero-order valence-electron chi connectivity index (χ0n) is 18.0. The fourth-order valence-electron chi connectivity index (χ4n) is 2.70. The van der Waals surface area contributed by atoms with Crippen LogP contribution in [0.2, 0.25) is 0 Å². The van der Waals surface area contributed by atoms with Crippen LogP contribution >= 0.6 is 35.3 Å². The summed E-state index contributed by atoms with van der Waals surface area (Å²) in [6, 6.07) is 10.3. The molecule has 0 spiro atoms. The summed E-state index contributed by atoms with van der Waals surface area (Å²) in [5.74, 6) is 3.10. The van der Waals surface area contributed by atoms with Gasteiger partial charge in [-0.2, -0.15) is 0 Å². The lowest BCUT2D eigenvalue weighted by Crippen LogP contribution is -2.36. The molecule has 2 heterocycles. The molecule has 30 heavy (non-hydrogen) atoms. The van der Waals surface area contributed by atoms with Gasteiger partial charge in [0.05, 0.1) is 26.4 Å². The molecule has 0 saturated heterocycles. The van der Waals surface area contributed by atoms with Gasteiger partial charge in [0.15, 0.2) is 5.96 Å². The molecular formula is C22H29IN4O2S. The second-order valence-corrected chi connectivity index (χ2v) is 8.67. The van der Waals surface area contributed by atoms with Gasteiger partial charge in [0.2, 0.25) is 5.89 Å². The minimum absolute atomic E-state index is 0. The predicted molar refractivity (Wildman–Crippen MR) is 134 cm³/mol. The molecule has 0 aliphatic rings. The number of thiophene rings is 1. The van der Waals surface area contributed by atoms with E-state index in [2.05, 4.69) is 65.0 Å². The van der Waals surface area contributed by atoms with Crippen LogP contribution in [0.5, 0.6) is 5.75 Å². The van der Waals surface area contributed by atoms with E-state index in [0.717, 1.165) is 11.5 Å². The quantitative estimate of drug-likeness (QED) is 0.256. The predicted octanol–water partition coefficient (Wildman–Crippen LogP) is 5.19. The molecule has 0 saturated carbocycles. The van der Waals surface area contributed by atoms with Crippen LogP contribution in [0, 0.1) is 0 Å². The lowest BCUT2D eigenvalue weighted by atomic mass is 9.94. The molecule has 0 bridgehead atoms. The van der Waals surface area contributed by atoms with E-state index in [1.54, 1.807) is 31.7 Å². The Hall–Kier alpha value is -2.07. The Kier molecular flexibility index (Phi) is 8.72. The first-order chi connectivity index (χ1) is 13.9. The zero-order valence-corrected chi connectivity index (χ0v) is 21.1. The van der Waals surface area contributed by atoms with Gasteiger partial charge in [0, 0.05) is 17.3 Å². The van der Waals surface area contributed by atoms with E-state index < -0.39 is 0 Å². The van der Waals surface area contributed by atoms with Crippen LogP contribution in [-0.2, 0) is 18.5 Å². The Morgan fingerprint density at radius 1 is 1.13 bits per heavy atom. The summed E-state index contributed by atoms with van der Waals surface area (Å²) in [4.78, 5) is 9.84. The minimum atomic E-state index is -0.0497. The molecule has 3 aromatic rings. The van der Waals surface area contributed by atoms with Crippen LogP contribution in [0.25, 0.3) is 11.1 Å². The van der Waals surface area contributed by atoms with Gasteiger partial charge in [-0.1, -0.05) is 32.9 Å². The summed E-state index contributed by atoms with van der Waals surface area (Å²) >= 11 is 1.72. The molecule has 2 N–H and O–H groups in total. The van der Waals surface area contributed by atoms with Gasteiger partial charge < -0.3 is 19.8 Å². The van der Waals surface area contributed by atoms with Crippen LogP contribution in [0.15, 0.2) is 51.3 Å². The number of benzene rings is 1. The Balaban J connectivity index is 0.00000320. The first kappa shape index (κ1) is 24.2. The molecule has 0 amide bonds. The van der Waals surface area contributed by atoms with Gasteiger partial charge in [-0.15, -0.1) is 35.3 Å². The van der Waals surface area contributed by atoms with E-state index >= 15 is 0 Å². The van der Waals surface area contributed by atoms with E-state index in [1.807, 2.05) is 12.1 Å². The molecule has 1 aromatic carbocycles. The van der Waals surface area contributed by atoms with Crippen molar-refractivity contribution in [1.82, 2.24) is 15.6 Å². The Morgan fingerprint density at radius 2 is 1.83 bits per heavy atom. The van der Waals surface area contributed by atoms with Crippen LogP contribution < -0.4 is 15.4 Å². The molecule has 0 radical (unpaired) electrons. The first-order valence-corrected chi connectivity index (χ1v) is 10.4. The SMILES string of the molecule is CN=C(NCc1ncc(C(C)(C)C)o1)NCc1cc(-c2ccc(OC)cc2)cs1.I. The van der Waals surface area contributed by atoms with Gasteiger partial charge in [0.25, 0.3) is 0 Å². The molecule has 6 nitrogen and oxygen atoms in total. The van der Waals surface area contributed by atoms with Gasteiger partial charge in [-0.3, -0.25) is 4.99 Å². The standard InChI is InChI=1S/C22H28N4O2S.HI/c1-22(2,3)19-12-24-20(28-19)13-26-21(23-4)25-11-18-10-16(14-29-18)15-6-8-17(27-5)9-7-15;/h6-10,12,14H,11,13H2,1-5H3,(H2,23,25,26);1H. The number of nitrogens with zero attached hydrogens (tertiary/aromatic N) is 2. The second kappa shape index (κ2) is 10.8. The molecule has 0 aliphatic heterocycles. The molecule has 0 fully saturated rings. The van der Waals surface area contributed by atoms with Crippen molar-refractivity contribution in [3.63, 3.8) is 0 Å². The van der Waals surface area contributed by atoms with Crippen molar-refractivity contribution in [2.45, 2.75) is 39.3 Å². The summed E-state index contributed by atoms with van der Waals surface area (Å²) in [6.07, 6.45) is 1.79. The fourth-order valence-corrected chi connectivity index (χ4v) is 3.53. The third kappa shape index (κ3) is 6.46. The van der Waals surface area contributed by atoms with Crippen LogP contribution in [-0.4, -0.2) is 25.1 Å². The number of aromatic nitrogens is 1. The fraction of sp³-hybridized carbons (Fsp3) is 0.364. The van der Waals surface area contributed by atoms with Gasteiger partial charge in [0.1, 0.15) is 11.5 Å². The number of guanidine groups is 1. The Labute approximate surface area is 199 Å². The van der Waals surface area contributed by atoms with Gasteiger partial charge in [-0.05, 0) is 34.7 Å². The van der Waals surface area contributed by atoms with E-state index in [-0.39, 0.29) is 29.4 Å². The van der Waals surface area contributed by atoms with Crippen molar-refractivity contribution in [2.75, 3.05) is 14.2 Å². The van der Waals surface area contributed by atoms with Crippen LogP contribution in [0.3, 0.4) is 0 Å². The number of oxazole rings is 1. The van der Waals surface area contributed by atoms with Crippen molar-refractivity contribution in [2.24, 2.45) is 4.99 Å². The van der Waals surface area contributed by atoms with Crippen molar-refractivity contribution in [3.05, 3.63) is 58.4 Å². The molecule has 0 aliphatic carbocycles. The molecule has 0 atom stereocenters. The summed E-state index contributed by atoms with van der Waals surface area (Å²) in [7, 11) is 3.43. The highest BCUT2D eigenvalue weighted by Crippen LogP contribution is 2.27. The van der Waals surface area contributed by atoms with Crippen molar-refractivity contribution in [3.8, 4) is 16.9 Å². The largest absolute Gasteiger partial charge is 0.497 e. The number of ether oxygens (including phenoxy) is 1. The van der Waals surface area contributed by atoms with E-state index in [0.29, 0.717) is 24.9 Å². The van der Waals surface area contributed by atoms with Crippen LogP contribution in [0.4, 0.5) is 0 Å². The molecule has 0 unspecified atom stereocenters. The Bertz CT molecular complexity index is 958. The third-order valence-corrected chi connectivity index (χ3v) is 5.37. The smallest absolute Gasteiger partial charge is 0.213 e. The lowest BCUT2D eigenvalue weighted by Gasteiger charge is -2.13. The summed E-state index contributed by atoms with van der Waals surface area (Å²) in [5, 5.41) is 8.74. The summed E-state index contributed by atoms with van der Waals surface area (Å²) in [5.41, 5.74) is 2.33. The van der Waals surface area contributed by atoms with Gasteiger partial charge in [-0.25, -0.2) is 4.98 Å². The minimum Gasteiger partial charge on any atom is -0.497 e. The van der Waals surface area contributed by atoms with E-state index in [4.69, 9.17) is 9.15 Å². The first-order valence-electron chi connectivity index (χ1n) is 9.50. The monoisotopic (exact) mass is 540 g/mol. The van der Waals surface area contributed by atoms with E-state index in [9.17, 15) is 0 Å². The molecule has 2 aromatic heterocycles. The molecule has 162 valence electrons. The highest BCUT2D eigenvalue weighted by molar-refractivity contribution is 14.0. The second-order valence-electron chi connectivity index (χ2n) is 7.68. The highest BCUT2D eigenvalue weighted by atomic mass is 127. The van der Waals surface area contributed by atoms with Gasteiger partial charge >= 0.3 is 0 Å². The number of aliphatic imine (C=N–C) groups is 1. The number of halogens is 1. The molecule has 8 heteroatoms. The number of hydrogen-bond acceptors (Lipinski definition) is 5. The average molecular weight is 540 g/mol. The normalized spacial score (nSPS) is 11.7. The number of rotatable bonds is 6. The topological polar surface area (TPSA) is 71.7 Å². The van der Waals surface area contributed by atoms with Crippen molar-refractivity contribution >= 4 is 41.3 Å². The number of nitrogens with one attached hydrogen (secondary N) is 2. The highest BCUT2D eigenvalue weighted by Gasteiger charge is 2.19. The maximum atomic E-state index is 5.81. The van der Waals surface area contributed by atoms with E-state index in [1.165, 1.54) is 16.0 Å². The summed E-state index contributed by atoms with van der Waals surface area (Å²) < 4.78 is 11.0. The zero-order chi connectivity index (χ0) is 20.9. The van der Waals surface area contributed by atoms with Crippen LogP contribution in [0.1, 0.15) is 37.3 Å². The molecule has 3 rings (SSSR count). The average Bonchev–Trinajstić information content (AvgIpc) is 3.38. The maximum absolute atomic E-state index is 5.81.